The van der Waals surface area contributed by atoms with E-state index in [0.717, 1.165) is 74.7 Å². The number of benzene rings is 2. The van der Waals surface area contributed by atoms with E-state index in [-0.39, 0.29) is 18.6 Å². The number of hydrogen-bond donors (Lipinski definition) is 0. The molecule has 1 amide bonds. The summed E-state index contributed by atoms with van der Waals surface area (Å²) >= 11 is 12.6. The van der Waals surface area contributed by atoms with Gasteiger partial charge in [0, 0.05) is 45.1 Å². The van der Waals surface area contributed by atoms with Gasteiger partial charge < -0.3 is 14.4 Å². The van der Waals surface area contributed by atoms with Gasteiger partial charge in [-0.3, -0.25) is 19.4 Å². The number of anilines is 2. The molecule has 1 fully saturated rings. The predicted octanol–water partition coefficient (Wildman–Crippen LogP) is 5.55. The van der Waals surface area contributed by atoms with Crippen molar-refractivity contribution in [2.75, 3.05) is 55.9 Å². The number of halogens is 2. The third-order valence-electron chi connectivity index (χ3n) is 6.85. The Morgan fingerprint density at radius 3 is 2.59 bits per heavy atom. The molecule has 37 heavy (non-hydrogen) atoms. The van der Waals surface area contributed by atoms with E-state index in [0.29, 0.717) is 35.9 Å². The van der Waals surface area contributed by atoms with Crippen molar-refractivity contribution in [2.45, 2.75) is 45.4 Å². The monoisotopic (exact) mass is 547 g/mol. The van der Waals surface area contributed by atoms with Gasteiger partial charge in [-0.1, -0.05) is 42.3 Å². The first-order valence-corrected chi connectivity index (χ1v) is 13.8. The maximum Gasteiger partial charge on any atom is 0.307 e. The van der Waals surface area contributed by atoms with Crippen molar-refractivity contribution in [3.05, 3.63) is 52.0 Å². The van der Waals surface area contributed by atoms with E-state index in [9.17, 15) is 9.59 Å². The lowest BCUT2D eigenvalue weighted by molar-refractivity contribution is -0.144. The molecule has 0 N–H and O–H groups in total. The number of rotatable bonds is 11. The molecule has 4 rings (SSSR count). The van der Waals surface area contributed by atoms with Gasteiger partial charge in [0.2, 0.25) is 5.91 Å². The quantitative estimate of drug-likeness (QED) is 0.271. The van der Waals surface area contributed by atoms with Gasteiger partial charge in [-0.2, -0.15) is 0 Å². The first-order valence-electron chi connectivity index (χ1n) is 13.1. The zero-order valence-corrected chi connectivity index (χ0v) is 22.9. The summed E-state index contributed by atoms with van der Waals surface area (Å²) in [4.78, 5) is 30.6. The number of hydrogen-bond acceptors (Lipinski definition) is 6. The normalized spacial score (nSPS) is 16.0. The number of aryl methyl sites for hydroxylation is 1. The van der Waals surface area contributed by atoms with Crippen LogP contribution in [0.4, 0.5) is 11.4 Å². The molecular weight excluding hydrogens is 513 g/mol. The van der Waals surface area contributed by atoms with E-state index in [1.165, 1.54) is 0 Å². The molecule has 0 unspecified atom stereocenters. The molecule has 0 saturated carbocycles. The third-order valence-corrected chi connectivity index (χ3v) is 7.66. The summed E-state index contributed by atoms with van der Waals surface area (Å²) in [5.74, 6) is 0.404. The number of esters is 1. The molecule has 2 aliphatic rings. The van der Waals surface area contributed by atoms with E-state index < -0.39 is 0 Å². The van der Waals surface area contributed by atoms with Gasteiger partial charge in [0.15, 0.2) is 6.73 Å². The number of carbonyl (C=O) groups excluding carboxylic acids is 2. The molecule has 0 atom stereocenters. The second kappa shape index (κ2) is 13.4. The smallest absolute Gasteiger partial charge is 0.307 e. The SMILES string of the molecule is CCCC(=O)OCN1C(=O)CCc2ccc(OCCCCN3CCN(c4cccc(Cl)c4Cl)CC3)cc21. The largest absolute Gasteiger partial charge is 0.494 e. The van der Waals surface area contributed by atoms with Crippen molar-refractivity contribution in [3.63, 3.8) is 0 Å². The molecule has 0 aromatic heterocycles. The third kappa shape index (κ3) is 7.30. The molecule has 2 aliphatic heterocycles. The Hall–Kier alpha value is -2.48. The highest BCUT2D eigenvalue weighted by Crippen LogP contribution is 2.33. The molecule has 7 nitrogen and oxygen atoms in total. The molecule has 200 valence electrons. The number of piperazine rings is 1. The van der Waals surface area contributed by atoms with Crippen LogP contribution in [0.25, 0.3) is 0 Å². The molecule has 0 bridgehead atoms. The minimum absolute atomic E-state index is 0.0355. The molecule has 0 spiro atoms. The number of unbranched alkanes of at least 4 members (excludes halogenated alkanes) is 1. The van der Waals surface area contributed by atoms with Crippen LogP contribution >= 0.6 is 23.2 Å². The Bertz CT molecular complexity index is 1090. The lowest BCUT2D eigenvalue weighted by Gasteiger charge is -2.36. The second-order valence-electron chi connectivity index (χ2n) is 9.46. The first-order chi connectivity index (χ1) is 18.0. The molecule has 9 heteroatoms. The van der Waals surface area contributed by atoms with Crippen LogP contribution in [0.3, 0.4) is 0 Å². The summed E-state index contributed by atoms with van der Waals surface area (Å²) in [6, 6.07) is 11.6. The number of amides is 1. The van der Waals surface area contributed by atoms with Crippen LogP contribution < -0.4 is 14.5 Å². The van der Waals surface area contributed by atoms with E-state index in [1.807, 2.05) is 43.3 Å². The lowest BCUT2D eigenvalue weighted by atomic mass is 10.0. The van der Waals surface area contributed by atoms with Crippen LogP contribution in [0.5, 0.6) is 5.75 Å². The van der Waals surface area contributed by atoms with Crippen LogP contribution in [0.2, 0.25) is 10.0 Å². The number of fused-ring (bicyclic) bond motifs is 1. The van der Waals surface area contributed by atoms with Gasteiger partial charge in [0.25, 0.3) is 0 Å². The van der Waals surface area contributed by atoms with Gasteiger partial charge >= 0.3 is 5.97 Å². The Morgan fingerprint density at radius 2 is 1.81 bits per heavy atom. The molecular formula is C28H35Cl2N3O4. The summed E-state index contributed by atoms with van der Waals surface area (Å²) < 4.78 is 11.3. The van der Waals surface area contributed by atoms with Crippen LogP contribution in [-0.2, 0) is 20.7 Å². The average Bonchev–Trinajstić information content (AvgIpc) is 2.90. The standard InChI is InChI=1S/C28H35Cl2N3O4/c1-2-6-27(35)37-20-33-25-19-22(11-9-21(25)10-12-26(33)34)36-18-4-3-13-31-14-16-32(17-15-31)24-8-5-7-23(29)28(24)30/h5,7-9,11,19H,2-4,6,10,12-18,20H2,1H3. The van der Waals surface area contributed by atoms with Crippen molar-refractivity contribution in [2.24, 2.45) is 0 Å². The maximum atomic E-state index is 12.5. The minimum Gasteiger partial charge on any atom is -0.494 e. The Kier molecular flexibility index (Phi) is 9.95. The van der Waals surface area contributed by atoms with Gasteiger partial charge in [0.05, 0.1) is 28.0 Å². The fourth-order valence-corrected chi connectivity index (χ4v) is 5.15. The van der Waals surface area contributed by atoms with Crippen molar-refractivity contribution in [3.8, 4) is 5.75 Å². The Morgan fingerprint density at radius 1 is 1.00 bits per heavy atom. The zero-order valence-electron chi connectivity index (χ0n) is 21.4. The van der Waals surface area contributed by atoms with Gasteiger partial charge in [-0.15, -0.1) is 0 Å². The molecule has 1 saturated heterocycles. The Labute approximate surface area is 229 Å². The highest BCUT2D eigenvalue weighted by molar-refractivity contribution is 6.43. The maximum absolute atomic E-state index is 12.5. The predicted molar refractivity (Wildman–Crippen MR) is 148 cm³/mol. The van der Waals surface area contributed by atoms with Gasteiger partial charge in [-0.05, 0) is 56.0 Å². The van der Waals surface area contributed by atoms with Gasteiger partial charge in [0.1, 0.15) is 5.75 Å². The lowest BCUT2D eigenvalue weighted by Crippen LogP contribution is -2.46. The molecule has 0 aliphatic carbocycles. The van der Waals surface area contributed by atoms with E-state index >= 15 is 0 Å². The molecule has 0 radical (unpaired) electrons. The first kappa shape index (κ1) is 27.6. The fourth-order valence-electron chi connectivity index (χ4n) is 4.74. The van der Waals surface area contributed by atoms with Crippen molar-refractivity contribution < 1.29 is 19.1 Å². The van der Waals surface area contributed by atoms with E-state index in [4.69, 9.17) is 32.7 Å². The highest BCUT2D eigenvalue weighted by Gasteiger charge is 2.26. The van der Waals surface area contributed by atoms with Gasteiger partial charge in [-0.25, -0.2) is 0 Å². The summed E-state index contributed by atoms with van der Waals surface area (Å²) in [6.45, 7) is 7.33. The van der Waals surface area contributed by atoms with Crippen molar-refractivity contribution >= 4 is 46.5 Å². The average molecular weight is 549 g/mol. The van der Waals surface area contributed by atoms with E-state index in [1.54, 1.807) is 4.90 Å². The topological polar surface area (TPSA) is 62.3 Å². The summed E-state index contributed by atoms with van der Waals surface area (Å²) in [5.41, 5.74) is 2.85. The van der Waals surface area contributed by atoms with Crippen molar-refractivity contribution in [1.29, 1.82) is 0 Å². The van der Waals surface area contributed by atoms with Crippen LogP contribution in [0, 0.1) is 0 Å². The summed E-state index contributed by atoms with van der Waals surface area (Å²) in [7, 11) is 0. The van der Waals surface area contributed by atoms with Crippen LogP contribution in [0.1, 0.15) is 44.6 Å². The number of ether oxygens (including phenoxy) is 2. The molecule has 2 aromatic rings. The zero-order chi connectivity index (χ0) is 26.2. The highest BCUT2D eigenvalue weighted by atomic mass is 35.5. The molecule has 2 heterocycles. The fraction of sp³-hybridized carbons (Fsp3) is 0.500. The summed E-state index contributed by atoms with van der Waals surface area (Å²) in [5, 5.41) is 1.22. The number of carbonyl (C=O) groups is 2. The van der Waals surface area contributed by atoms with Crippen molar-refractivity contribution in [1.82, 2.24) is 4.90 Å². The second-order valence-corrected chi connectivity index (χ2v) is 10.3. The van der Waals surface area contributed by atoms with Crippen LogP contribution in [-0.4, -0.2) is 62.8 Å². The molecule has 2 aromatic carbocycles. The minimum atomic E-state index is -0.287. The van der Waals surface area contributed by atoms with E-state index in [2.05, 4.69) is 9.80 Å². The number of nitrogens with zero attached hydrogens (tertiary/aromatic N) is 3. The summed E-state index contributed by atoms with van der Waals surface area (Å²) in [6.07, 6.45) is 4.15. The Balaban J connectivity index is 1.20. The van der Waals surface area contributed by atoms with Crippen LogP contribution in [0.15, 0.2) is 36.4 Å².